The molecule has 0 nitrogen and oxygen atoms in total. The van der Waals surface area contributed by atoms with Crippen LogP contribution in [0.5, 0.6) is 0 Å². The van der Waals surface area contributed by atoms with Gasteiger partial charge in [0.2, 0.25) is 0 Å². The van der Waals surface area contributed by atoms with Crippen LogP contribution in [0, 0.1) is 73.1 Å². The third kappa shape index (κ3) is 3.72. The van der Waals surface area contributed by atoms with E-state index in [1.165, 1.54) is 0 Å². The summed E-state index contributed by atoms with van der Waals surface area (Å²) in [4.78, 5) is 0. The fraction of sp³-hybridized carbons (Fsp3) is 0.143. The van der Waals surface area contributed by atoms with Crippen molar-refractivity contribution in [2.24, 2.45) is 0 Å². The van der Waals surface area contributed by atoms with E-state index in [9.17, 15) is 35.1 Å². The van der Waals surface area contributed by atoms with Crippen molar-refractivity contribution in [1.82, 2.24) is 0 Å². The molecule has 0 saturated heterocycles. The van der Waals surface area contributed by atoms with Gasteiger partial charge in [-0.15, -0.1) is 0 Å². The summed E-state index contributed by atoms with van der Waals surface area (Å²) in [6.45, 7) is 2.73. The van der Waals surface area contributed by atoms with Crippen molar-refractivity contribution in [3.8, 4) is 0 Å². The standard InChI is InChI=1S/3C7H4F3.Al/c1-4-6(9)2-5(8)3-7(4)10;2*1-4-2-5(8)3-6(9)7(4)10;/h2H,1H3;2*3H,1H3;. The van der Waals surface area contributed by atoms with Crippen LogP contribution in [-0.2, 0) is 0 Å². The first-order valence-corrected chi connectivity index (χ1v) is 10.5. The molecular formula is C21H12AlF9. The van der Waals surface area contributed by atoms with Gasteiger partial charge in [-0.2, -0.15) is 0 Å². The zero-order chi connectivity index (χ0) is 23.4. The summed E-state index contributed by atoms with van der Waals surface area (Å²) in [7, 11) is 0. The smallest absolute Gasteiger partial charge is 0.208 e. The molecule has 0 heterocycles. The number of hydrogen-bond acceptors (Lipinski definition) is 0. The summed E-state index contributed by atoms with van der Waals surface area (Å²) < 4.78 is 126. The Bertz CT molecular complexity index is 1070. The van der Waals surface area contributed by atoms with E-state index >= 15 is 4.39 Å². The van der Waals surface area contributed by atoms with Gasteiger partial charge in [0.05, 0.1) is 0 Å². The van der Waals surface area contributed by atoms with Crippen molar-refractivity contribution in [3.05, 3.63) is 87.2 Å². The van der Waals surface area contributed by atoms with Crippen LogP contribution >= 0.6 is 0 Å². The van der Waals surface area contributed by atoms with Crippen molar-refractivity contribution in [2.45, 2.75) is 20.8 Å². The average molecular weight is 462 g/mol. The molecule has 0 aromatic heterocycles. The van der Waals surface area contributed by atoms with Gasteiger partial charge < -0.3 is 0 Å². The van der Waals surface area contributed by atoms with E-state index in [0.717, 1.165) is 20.8 Å². The molecule has 0 saturated carbocycles. The van der Waals surface area contributed by atoms with Gasteiger partial charge in [0.1, 0.15) is 29.1 Å². The first-order chi connectivity index (χ1) is 14.4. The highest BCUT2D eigenvalue weighted by atomic mass is 27.2. The van der Waals surface area contributed by atoms with E-state index in [-0.39, 0.29) is 18.2 Å². The minimum atomic E-state index is -4.17. The van der Waals surface area contributed by atoms with Crippen LogP contribution in [0.4, 0.5) is 39.5 Å². The lowest BCUT2D eigenvalue weighted by atomic mass is 10.2. The molecule has 0 unspecified atom stereocenters. The van der Waals surface area contributed by atoms with Gasteiger partial charge in [-0.3, -0.25) is 0 Å². The van der Waals surface area contributed by atoms with Crippen LogP contribution in [0.2, 0.25) is 0 Å². The third-order valence-electron chi connectivity index (χ3n) is 5.21. The van der Waals surface area contributed by atoms with Gasteiger partial charge in [0.25, 0.3) is 0 Å². The Balaban J connectivity index is 2.56. The Hall–Kier alpha value is -2.44. The van der Waals surface area contributed by atoms with Gasteiger partial charge >= 0.3 is 14.1 Å². The van der Waals surface area contributed by atoms with E-state index in [4.69, 9.17) is 0 Å². The van der Waals surface area contributed by atoms with Gasteiger partial charge in [-0.25, -0.2) is 39.5 Å². The molecule has 0 spiro atoms. The van der Waals surface area contributed by atoms with E-state index in [1.54, 1.807) is 0 Å². The lowest BCUT2D eigenvalue weighted by molar-refractivity contribution is 0.491. The lowest BCUT2D eigenvalue weighted by Crippen LogP contribution is -2.59. The summed E-state index contributed by atoms with van der Waals surface area (Å²) in [6, 6.07) is 0.488. The zero-order valence-electron chi connectivity index (χ0n) is 16.2. The predicted octanol–water partition coefficient (Wildman–Crippen LogP) is 4.38. The first kappa shape index (κ1) is 23.2. The summed E-state index contributed by atoms with van der Waals surface area (Å²) >= 11 is -4.17. The average Bonchev–Trinajstić information content (AvgIpc) is 2.68. The fourth-order valence-electron chi connectivity index (χ4n) is 3.57. The van der Waals surface area contributed by atoms with Crippen LogP contribution < -0.4 is 13.3 Å². The SMILES string of the molecule is Cc1c(F)cc(F)[c]([Al]([c]2c(F)cc(F)c(F)c2C)[c]2c(F)cc(F)c(F)c2C)c1F. The number of benzene rings is 3. The highest BCUT2D eigenvalue weighted by molar-refractivity contribution is 6.96. The van der Waals surface area contributed by atoms with Gasteiger partial charge in [0.15, 0.2) is 23.3 Å². The molecule has 0 radical (unpaired) electrons. The molecule has 3 rings (SSSR count). The largest absolute Gasteiger partial charge is 0.403 e. The molecule has 0 amide bonds. The van der Waals surface area contributed by atoms with Gasteiger partial charge in [-0.1, -0.05) is 8.85 Å². The molecule has 162 valence electrons. The molecule has 0 fully saturated rings. The van der Waals surface area contributed by atoms with Gasteiger partial charge in [0, 0.05) is 23.8 Å². The molecule has 0 atom stereocenters. The highest BCUT2D eigenvalue weighted by Crippen LogP contribution is 2.20. The molecule has 3 aromatic rings. The third-order valence-corrected chi connectivity index (χ3v) is 8.89. The number of rotatable bonds is 3. The molecular weight excluding hydrogens is 450 g/mol. The Labute approximate surface area is 175 Å². The molecule has 3 aromatic carbocycles. The monoisotopic (exact) mass is 462 g/mol. The Morgan fingerprint density at radius 1 is 0.419 bits per heavy atom. The molecule has 0 aliphatic heterocycles. The molecule has 31 heavy (non-hydrogen) atoms. The maximum absolute atomic E-state index is 15.0. The van der Waals surface area contributed by atoms with E-state index in [0.29, 0.717) is 0 Å². The fourth-order valence-corrected chi connectivity index (χ4v) is 7.11. The van der Waals surface area contributed by atoms with Crippen LogP contribution in [-0.4, -0.2) is 14.1 Å². The quantitative estimate of drug-likeness (QED) is 0.308. The molecule has 10 heteroatoms. The van der Waals surface area contributed by atoms with Crippen LogP contribution in [0.25, 0.3) is 0 Å². The normalized spacial score (nSPS) is 11.2. The zero-order valence-corrected chi connectivity index (χ0v) is 17.4. The predicted molar refractivity (Wildman–Crippen MR) is 97.8 cm³/mol. The second-order valence-electron chi connectivity index (χ2n) is 7.01. The topological polar surface area (TPSA) is 0 Å². The summed E-state index contributed by atoms with van der Waals surface area (Å²) in [6.07, 6.45) is 0. The minimum Gasteiger partial charge on any atom is -0.208 e. The molecule has 0 bridgehead atoms. The lowest BCUT2D eigenvalue weighted by Gasteiger charge is -2.22. The van der Waals surface area contributed by atoms with Crippen molar-refractivity contribution >= 4 is 27.4 Å². The summed E-state index contributed by atoms with van der Waals surface area (Å²) in [5.41, 5.74) is -2.15. The Morgan fingerprint density at radius 2 is 0.774 bits per heavy atom. The highest BCUT2D eigenvalue weighted by Gasteiger charge is 2.40. The Morgan fingerprint density at radius 3 is 1.19 bits per heavy atom. The molecule has 0 aliphatic carbocycles. The first-order valence-electron chi connectivity index (χ1n) is 8.80. The second kappa shape index (κ2) is 8.25. The van der Waals surface area contributed by atoms with E-state index in [1.807, 2.05) is 0 Å². The van der Waals surface area contributed by atoms with Crippen molar-refractivity contribution in [2.75, 3.05) is 0 Å². The molecule has 0 aliphatic rings. The molecule has 0 N–H and O–H groups in total. The summed E-state index contributed by atoms with van der Waals surface area (Å²) in [5.74, 6) is -13.6. The number of hydrogen-bond donors (Lipinski definition) is 0. The summed E-state index contributed by atoms with van der Waals surface area (Å²) in [5, 5.41) is 0. The minimum absolute atomic E-state index is 0.108. The van der Waals surface area contributed by atoms with Crippen LogP contribution in [0.1, 0.15) is 16.7 Å². The second-order valence-corrected chi connectivity index (χ2v) is 9.61. The maximum Gasteiger partial charge on any atom is 0.403 e. The Kier molecular flexibility index (Phi) is 6.18. The van der Waals surface area contributed by atoms with E-state index < -0.39 is 96.5 Å². The maximum atomic E-state index is 15.0. The van der Waals surface area contributed by atoms with Gasteiger partial charge in [-0.05, 0) is 36.3 Å². The van der Waals surface area contributed by atoms with Crippen molar-refractivity contribution in [3.63, 3.8) is 0 Å². The van der Waals surface area contributed by atoms with Crippen molar-refractivity contribution in [1.29, 1.82) is 0 Å². The number of halogens is 9. The van der Waals surface area contributed by atoms with Crippen molar-refractivity contribution < 1.29 is 39.5 Å². The van der Waals surface area contributed by atoms with Crippen LogP contribution in [0.15, 0.2) is 18.2 Å². The van der Waals surface area contributed by atoms with E-state index in [2.05, 4.69) is 0 Å². The van der Waals surface area contributed by atoms with Crippen LogP contribution in [0.3, 0.4) is 0 Å².